The van der Waals surface area contributed by atoms with Crippen LogP contribution in [0.2, 0.25) is 0 Å². The molecular formula is C28H19NO5. The summed E-state index contributed by atoms with van der Waals surface area (Å²) in [5.74, 6) is 1.26. The van der Waals surface area contributed by atoms with Crippen LogP contribution in [-0.2, 0) is 0 Å². The summed E-state index contributed by atoms with van der Waals surface area (Å²) >= 11 is 0. The Labute approximate surface area is 194 Å². The minimum absolute atomic E-state index is 0.364. The molecule has 6 rings (SSSR count). The fourth-order valence-corrected chi connectivity index (χ4v) is 4.26. The predicted octanol–water partition coefficient (Wildman–Crippen LogP) is 6.44. The average Bonchev–Trinajstić information content (AvgIpc) is 3.26. The fraction of sp³-hybridized carbons (Fsp3) is 0.0714. The molecule has 0 N–H and O–H groups in total. The first-order chi connectivity index (χ1) is 16.7. The fourth-order valence-electron chi connectivity index (χ4n) is 4.26. The van der Waals surface area contributed by atoms with Crippen LogP contribution in [0, 0.1) is 0 Å². The van der Waals surface area contributed by atoms with Gasteiger partial charge in [-0.05, 0) is 48.0 Å². The average molecular weight is 449 g/mol. The van der Waals surface area contributed by atoms with Gasteiger partial charge in [-0.1, -0.05) is 36.4 Å². The van der Waals surface area contributed by atoms with Crippen LogP contribution < -0.4 is 15.1 Å². The van der Waals surface area contributed by atoms with Crippen LogP contribution >= 0.6 is 0 Å². The maximum absolute atomic E-state index is 13.1. The summed E-state index contributed by atoms with van der Waals surface area (Å²) < 4.78 is 22.5. The normalized spacial score (nSPS) is 11.4. The second-order valence-corrected chi connectivity index (χ2v) is 7.89. The van der Waals surface area contributed by atoms with E-state index >= 15 is 0 Å². The van der Waals surface area contributed by atoms with Gasteiger partial charge in [0.2, 0.25) is 0 Å². The monoisotopic (exact) mass is 449 g/mol. The summed E-state index contributed by atoms with van der Waals surface area (Å²) in [5.41, 5.74) is 4.59. The first-order valence-electron chi connectivity index (χ1n) is 10.7. The molecular weight excluding hydrogens is 430 g/mol. The lowest BCUT2D eigenvalue weighted by Gasteiger charge is -2.09. The SMILES string of the molecule is COc1ccc(-c2cc(-c3cc4cccc(OC)c4oc3=O)nc3c2oc2ccccc23)cc1. The van der Waals surface area contributed by atoms with Crippen molar-refractivity contribution in [2.75, 3.05) is 14.2 Å². The molecule has 34 heavy (non-hydrogen) atoms. The van der Waals surface area contributed by atoms with E-state index in [4.69, 9.17) is 23.3 Å². The lowest BCUT2D eigenvalue weighted by molar-refractivity contribution is 0.407. The van der Waals surface area contributed by atoms with Crippen molar-refractivity contribution in [3.63, 3.8) is 0 Å². The minimum Gasteiger partial charge on any atom is -0.497 e. The van der Waals surface area contributed by atoms with E-state index < -0.39 is 5.63 Å². The van der Waals surface area contributed by atoms with Crippen molar-refractivity contribution in [1.82, 2.24) is 4.98 Å². The van der Waals surface area contributed by atoms with Crippen LogP contribution in [0.4, 0.5) is 0 Å². The molecule has 6 nitrogen and oxygen atoms in total. The standard InChI is InChI=1S/C28H19NO5/c1-31-18-12-10-16(11-13-18)20-15-22(29-25-19-7-3-4-8-23(19)33-27(20)25)21-14-17-6-5-9-24(32-2)26(17)34-28(21)30/h3-15H,1-2H3. The van der Waals surface area contributed by atoms with Crippen LogP contribution in [-0.4, -0.2) is 19.2 Å². The van der Waals surface area contributed by atoms with Gasteiger partial charge in [0.05, 0.1) is 25.5 Å². The number of ether oxygens (including phenoxy) is 2. The maximum atomic E-state index is 13.1. The Morgan fingerprint density at radius 1 is 0.765 bits per heavy atom. The zero-order valence-corrected chi connectivity index (χ0v) is 18.5. The lowest BCUT2D eigenvalue weighted by Crippen LogP contribution is -2.05. The Bertz CT molecular complexity index is 1750. The topological polar surface area (TPSA) is 74.7 Å². The van der Waals surface area contributed by atoms with Crippen LogP contribution in [0.25, 0.3) is 55.4 Å². The van der Waals surface area contributed by atoms with Gasteiger partial charge >= 0.3 is 5.63 Å². The largest absolute Gasteiger partial charge is 0.497 e. The molecule has 0 amide bonds. The molecule has 3 aromatic carbocycles. The first-order valence-corrected chi connectivity index (χ1v) is 10.7. The van der Waals surface area contributed by atoms with Gasteiger partial charge < -0.3 is 18.3 Å². The number of pyridine rings is 1. The van der Waals surface area contributed by atoms with Gasteiger partial charge in [-0.15, -0.1) is 0 Å². The number of nitrogens with zero attached hydrogens (tertiary/aromatic N) is 1. The molecule has 0 aliphatic rings. The third kappa shape index (κ3) is 3.11. The second-order valence-electron chi connectivity index (χ2n) is 7.89. The van der Waals surface area contributed by atoms with E-state index in [-0.39, 0.29) is 0 Å². The van der Waals surface area contributed by atoms with Crippen LogP contribution in [0.1, 0.15) is 0 Å². The number of aromatic nitrogens is 1. The zero-order chi connectivity index (χ0) is 23.2. The number of para-hydroxylation sites is 2. The highest BCUT2D eigenvalue weighted by atomic mass is 16.5. The van der Waals surface area contributed by atoms with E-state index in [1.165, 1.54) is 0 Å². The van der Waals surface area contributed by atoms with Gasteiger partial charge in [0.25, 0.3) is 0 Å². The summed E-state index contributed by atoms with van der Waals surface area (Å²) in [7, 11) is 3.17. The molecule has 0 bridgehead atoms. The second kappa shape index (κ2) is 7.78. The molecule has 0 unspecified atom stereocenters. The van der Waals surface area contributed by atoms with Gasteiger partial charge in [0.15, 0.2) is 16.9 Å². The van der Waals surface area contributed by atoms with Gasteiger partial charge in [0, 0.05) is 16.3 Å². The smallest absolute Gasteiger partial charge is 0.345 e. The summed E-state index contributed by atoms with van der Waals surface area (Å²) in [6.45, 7) is 0. The molecule has 3 heterocycles. The Kier molecular flexibility index (Phi) is 4.59. The Morgan fingerprint density at radius 2 is 1.59 bits per heavy atom. The van der Waals surface area contributed by atoms with E-state index in [1.807, 2.05) is 66.7 Å². The highest BCUT2D eigenvalue weighted by molar-refractivity contribution is 6.08. The van der Waals surface area contributed by atoms with Crippen molar-refractivity contribution < 1.29 is 18.3 Å². The molecule has 0 aliphatic carbocycles. The Morgan fingerprint density at radius 3 is 2.38 bits per heavy atom. The van der Waals surface area contributed by atoms with Gasteiger partial charge in [0.1, 0.15) is 16.8 Å². The van der Waals surface area contributed by atoms with Gasteiger partial charge in [-0.25, -0.2) is 9.78 Å². The number of benzene rings is 3. The molecule has 0 saturated carbocycles. The Balaban J connectivity index is 1.66. The first kappa shape index (κ1) is 20.1. The van der Waals surface area contributed by atoms with Crippen LogP contribution in [0.15, 0.2) is 92.5 Å². The van der Waals surface area contributed by atoms with E-state index in [0.717, 1.165) is 33.2 Å². The third-order valence-corrected chi connectivity index (χ3v) is 5.95. The summed E-state index contributed by atoms with van der Waals surface area (Å²) in [4.78, 5) is 17.9. The molecule has 0 radical (unpaired) electrons. The van der Waals surface area contributed by atoms with Crippen molar-refractivity contribution in [2.45, 2.75) is 0 Å². The molecule has 0 spiro atoms. The van der Waals surface area contributed by atoms with E-state index in [1.54, 1.807) is 26.4 Å². The third-order valence-electron chi connectivity index (χ3n) is 5.95. The van der Waals surface area contributed by atoms with Crippen molar-refractivity contribution in [3.8, 4) is 33.9 Å². The summed E-state index contributed by atoms with van der Waals surface area (Å²) in [6, 6.07) is 24.6. The molecule has 0 aliphatic heterocycles. The molecule has 6 aromatic rings. The molecule has 6 heteroatoms. The van der Waals surface area contributed by atoms with Crippen molar-refractivity contribution in [3.05, 3.63) is 89.3 Å². The van der Waals surface area contributed by atoms with Crippen molar-refractivity contribution >= 4 is 33.0 Å². The van der Waals surface area contributed by atoms with Crippen molar-refractivity contribution in [2.24, 2.45) is 0 Å². The maximum Gasteiger partial charge on any atom is 0.345 e. The number of fused-ring (bicyclic) bond motifs is 4. The van der Waals surface area contributed by atoms with Crippen LogP contribution in [0.5, 0.6) is 11.5 Å². The zero-order valence-electron chi connectivity index (χ0n) is 18.5. The van der Waals surface area contributed by atoms with Crippen molar-refractivity contribution in [1.29, 1.82) is 0 Å². The number of rotatable bonds is 4. The van der Waals surface area contributed by atoms with E-state index in [2.05, 4.69) is 0 Å². The molecule has 0 fully saturated rings. The molecule has 166 valence electrons. The molecule has 3 aromatic heterocycles. The highest BCUT2D eigenvalue weighted by Crippen LogP contribution is 2.38. The summed E-state index contributed by atoms with van der Waals surface area (Å²) in [5, 5.41) is 1.62. The predicted molar refractivity (Wildman–Crippen MR) is 132 cm³/mol. The molecule has 0 atom stereocenters. The Hall–Kier alpha value is -4.58. The van der Waals surface area contributed by atoms with Gasteiger partial charge in [-0.3, -0.25) is 0 Å². The minimum atomic E-state index is -0.489. The quantitative estimate of drug-likeness (QED) is 0.288. The number of hydrogen-bond donors (Lipinski definition) is 0. The highest BCUT2D eigenvalue weighted by Gasteiger charge is 2.19. The van der Waals surface area contributed by atoms with Crippen LogP contribution in [0.3, 0.4) is 0 Å². The number of furan rings is 1. The number of methoxy groups -OCH3 is 2. The van der Waals surface area contributed by atoms with Gasteiger partial charge in [-0.2, -0.15) is 0 Å². The van der Waals surface area contributed by atoms with E-state index in [9.17, 15) is 4.79 Å². The lowest BCUT2D eigenvalue weighted by atomic mass is 10.0. The molecule has 0 saturated heterocycles. The van der Waals surface area contributed by atoms with E-state index in [0.29, 0.717) is 33.7 Å². The number of hydrogen-bond acceptors (Lipinski definition) is 6. The summed E-state index contributed by atoms with van der Waals surface area (Å²) in [6.07, 6.45) is 0.